The normalized spacial score (nSPS) is 24.5. The van der Waals surface area contributed by atoms with E-state index in [1.165, 1.54) is 4.90 Å². The second-order valence-corrected chi connectivity index (χ2v) is 5.48. The van der Waals surface area contributed by atoms with Gasteiger partial charge in [0.25, 0.3) is 0 Å². The van der Waals surface area contributed by atoms with Crippen LogP contribution in [0, 0.1) is 5.92 Å². The Morgan fingerprint density at radius 3 is 2.50 bits per heavy atom. The van der Waals surface area contributed by atoms with Crippen LogP contribution < -0.4 is 40.4 Å². The molecule has 0 bridgehead atoms. The monoisotopic (exact) mass is 310 g/mol. The van der Waals surface area contributed by atoms with Gasteiger partial charge >= 0.3 is 29.6 Å². The molecule has 1 aromatic rings. The average Bonchev–Trinajstić information content (AvgIpc) is 2.74. The van der Waals surface area contributed by atoms with Crippen LogP contribution in [0.25, 0.3) is 5.57 Å². The maximum Gasteiger partial charge on any atom is 1.00 e. The number of hydrogen-bond donors (Lipinski definition) is 2. The first-order valence-electron chi connectivity index (χ1n) is 6.73. The molecular formula is C15H15N2NaO4. The van der Waals surface area contributed by atoms with Gasteiger partial charge in [-0.2, -0.15) is 0 Å². The molecule has 3 N–H and O–H groups in total. The number of benzene rings is 1. The van der Waals surface area contributed by atoms with E-state index in [-0.39, 0.29) is 47.2 Å². The molecule has 1 amide bonds. The summed E-state index contributed by atoms with van der Waals surface area (Å²) in [7, 11) is 0. The van der Waals surface area contributed by atoms with E-state index < -0.39 is 18.0 Å². The third-order valence-corrected chi connectivity index (χ3v) is 4.18. The third-order valence-electron chi connectivity index (χ3n) is 4.18. The van der Waals surface area contributed by atoms with Gasteiger partial charge in [0.2, 0.25) is 5.91 Å². The van der Waals surface area contributed by atoms with Crippen LogP contribution in [-0.4, -0.2) is 34.0 Å². The summed E-state index contributed by atoms with van der Waals surface area (Å²) >= 11 is 0. The second kappa shape index (κ2) is 6.04. The van der Waals surface area contributed by atoms with Crippen molar-refractivity contribution in [3.8, 4) is 0 Å². The number of carbonyl (C=O) groups excluding carboxylic acids is 2. The van der Waals surface area contributed by atoms with E-state index in [2.05, 4.69) is 0 Å². The van der Waals surface area contributed by atoms with E-state index in [1.807, 2.05) is 0 Å². The van der Waals surface area contributed by atoms with Crippen molar-refractivity contribution in [2.75, 3.05) is 5.73 Å². The molecule has 0 spiro atoms. The zero-order chi connectivity index (χ0) is 15.3. The number of hydrogen-bond acceptors (Lipinski definition) is 5. The Hall–Kier alpha value is -1.34. The Morgan fingerprint density at radius 1 is 1.41 bits per heavy atom. The van der Waals surface area contributed by atoms with E-state index in [0.29, 0.717) is 23.2 Å². The molecule has 22 heavy (non-hydrogen) atoms. The third kappa shape index (κ3) is 2.46. The van der Waals surface area contributed by atoms with Gasteiger partial charge in [-0.3, -0.25) is 4.79 Å². The number of anilines is 1. The van der Waals surface area contributed by atoms with Gasteiger partial charge in [-0.05, 0) is 36.6 Å². The molecule has 0 saturated carbocycles. The second-order valence-electron chi connectivity index (χ2n) is 5.48. The molecule has 110 valence electrons. The van der Waals surface area contributed by atoms with Gasteiger partial charge in [0.05, 0.1) is 29.7 Å². The van der Waals surface area contributed by atoms with Crippen LogP contribution >= 0.6 is 0 Å². The number of amides is 1. The number of carboxylic acid groups (broad SMARTS) is 1. The molecule has 2 aliphatic heterocycles. The van der Waals surface area contributed by atoms with Crippen LogP contribution in [0.2, 0.25) is 0 Å². The Morgan fingerprint density at radius 2 is 2.00 bits per heavy atom. The van der Waals surface area contributed by atoms with E-state index in [1.54, 1.807) is 31.2 Å². The van der Waals surface area contributed by atoms with E-state index >= 15 is 0 Å². The number of fused-ring (bicyclic) bond motifs is 1. The van der Waals surface area contributed by atoms with Crippen LogP contribution in [0.5, 0.6) is 0 Å². The van der Waals surface area contributed by atoms with Gasteiger partial charge in [0.15, 0.2) is 0 Å². The molecule has 0 unspecified atom stereocenters. The van der Waals surface area contributed by atoms with Crippen LogP contribution in [0.4, 0.5) is 5.69 Å². The van der Waals surface area contributed by atoms with Crippen molar-refractivity contribution in [3.63, 3.8) is 0 Å². The summed E-state index contributed by atoms with van der Waals surface area (Å²) in [6.45, 7) is 1.54. The number of aliphatic carboxylic acids is 1. The number of nitrogens with zero attached hydrogens (tertiary/aromatic N) is 1. The quantitative estimate of drug-likeness (QED) is 0.340. The Labute approximate surface area is 149 Å². The summed E-state index contributed by atoms with van der Waals surface area (Å²) in [5.41, 5.74) is 7.37. The molecule has 2 aliphatic rings. The number of β-lactam (4-membered cyclic amide) rings is 1. The van der Waals surface area contributed by atoms with Crippen molar-refractivity contribution in [1.82, 2.24) is 4.90 Å². The molecule has 1 saturated heterocycles. The molecule has 0 aliphatic carbocycles. The zero-order valence-corrected chi connectivity index (χ0v) is 14.4. The molecule has 1 fully saturated rings. The summed E-state index contributed by atoms with van der Waals surface area (Å²) in [5, 5.41) is 21.1. The number of aliphatic hydroxyl groups excluding tert-OH is 1. The summed E-state index contributed by atoms with van der Waals surface area (Å²) in [4.78, 5) is 24.7. The summed E-state index contributed by atoms with van der Waals surface area (Å²) in [5.74, 6) is -2.29. The van der Waals surface area contributed by atoms with Crippen LogP contribution in [-0.2, 0) is 9.59 Å². The maximum absolute atomic E-state index is 12.1. The first-order chi connectivity index (χ1) is 9.91. The Bertz CT molecular complexity index is 654. The summed E-state index contributed by atoms with van der Waals surface area (Å²) < 4.78 is 0. The number of rotatable bonds is 3. The molecule has 2 heterocycles. The molecule has 1 aromatic carbocycles. The van der Waals surface area contributed by atoms with E-state index in [4.69, 9.17) is 5.73 Å². The van der Waals surface area contributed by atoms with Crippen LogP contribution in [0.15, 0.2) is 30.0 Å². The average molecular weight is 310 g/mol. The number of nitrogen functional groups attached to an aromatic ring is 1. The number of carbonyl (C=O) groups is 2. The first-order valence-corrected chi connectivity index (χ1v) is 6.73. The van der Waals surface area contributed by atoms with Crippen molar-refractivity contribution < 1.29 is 49.4 Å². The topological polar surface area (TPSA) is 107 Å². The molecule has 3 rings (SSSR count). The smallest absolute Gasteiger partial charge is 0.543 e. The Kier molecular flexibility index (Phi) is 4.67. The van der Waals surface area contributed by atoms with Crippen molar-refractivity contribution in [2.45, 2.75) is 25.5 Å². The predicted molar refractivity (Wildman–Crippen MR) is 73.2 cm³/mol. The van der Waals surface area contributed by atoms with Gasteiger partial charge in [0.1, 0.15) is 0 Å². The number of nitrogens with two attached hydrogens (primary N) is 1. The van der Waals surface area contributed by atoms with Crippen molar-refractivity contribution in [2.24, 2.45) is 5.92 Å². The Balaban J connectivity index is 0.00000176. The SMILES string of the molecule is C[C@@H](O)[C@H]1C(=O)N2C(C(=O)[O-])=C(c3ccc(N)cc3)C[C@H]12.[Na+]. The van der Waals surface area contributed by atoms with E-state index in [0.717, 1.165) is 0 Å². The minimum atomic E-state index is -1.37. The van der Waals surface area contributed by atoms with Gasteiger partial charge in [-0.25, -0.2) is 0 Å². The first kappa shape index (κ1) is 17.0. The minimum Gasteiger partial charge on any atom is -0.543 e. The van der Waals surface area contributed by atoms with Crippen molar-refractivity contribution in [3.05, 3.63) is 35.5 Å². The fourth-order valence-corrected chi connectivity index (χ4v) is 3.20. The molecule has 3 atom stereocenters. The zero-order valence-electron chi connectivity index (χ0n) is 12.4. The fraction of sp³-hybridized carbons (Fsp3) is 0.333. The molecule has 6 nitrogen and oxygen atoms in total. The number of aliphatic hydroxyl groups is 1. The molecule has 0 aromatic heterocycles. The molecule has 0 radical (unpaired) electrons. The van der Waals surface area contributed by atoms with Crippen molar-refractivity contribution >= 4 is 23.1 Å². The van der Waals surface area contributed by atoms with E-state index in [9.17, 15) is 19.8 Å². The molecular weight excluding hydrogens is 295 g/mol. The summed E-state index contributed by atoms with van der Waals surface area (Å²) in [6, 6.07) is 6.50. The van der Waals surface area contributed by atoms with Crippen molar-refractivity contribution in [1.29, 1.82) is 0 Å². The predicted octanol–water partition coefficient (Wildman–Crippen LogP) is -3.65. The maximum atomic E-state index is 12.1. The minimum absolute atomic E-state index is 0. The number of carboxylic acids is 1. The fourth-order valence-electron chi connectivity index (χ4n) is 3.20. The van der Waals surface area contributed by atoms with Gasteiger partial charge in [-0.1, -0.05) is 12.1 Å². The van der Waals surface area contributed by atoms with Gasteiger partial charge in [0, 0.05) is 5.69 Å². The van der Waals surface area contributed by atoms with Gasteiger partial charge in [-0.15, -0.1) is 0 Å². The standard InChI is InChI=1S/C15H16N2O4.Na/c1-7(18)12-11-6-10(8-2-4-9(16)5-3-8)13(15(20)21)17(11)14(12)19;/h2-5,7,11-12,18H,6,16H2,1H3,(H,20,21);/q;+1/p-1/t7-,11-,12-;/m1./s1. The molecule has 7 heteroatoms. The van der Waals surface area contributed by atoms with Crippen LogP contribution in [0.1, 0.15) is 18.9 Å². The largest absolute Gasteiger partial charge is 1.00 e. The summed E-state index contributed by atoms with van der Waals surface area (Å²) in [6.07, 6.45) is -0.401. The van der Waals surface area contributed by atoms with Crippen LogP contribution in [0.3, 0.4) is 0 Å². The van der Waals surface area contributed by atoms with Gasteiger partial charge < -0.3 is 25.6 Å².